The van der Waals surface area contributed by atoms with Crippen molar-refractivity contribution in [3.8, 4) is 0 Å². The van der Waals surface area contributed by atoms with Gasteiger partial charge in [-0.3, -0.25) is 0 Å². The van der Waals surface area contributed by atoms with Gasteiger partial charge in [-0.25, -0.2) is 4.98 Å². The standard InChI is InChI=1S/C24H32N6S/c1-17-3-5-18(6-4-17)25-23-22-21(11-16-31-22)27-24(28-23)26-19-7-9-20(10-8-19)30-14-12-29(2)13-15-30/h7-11,16-18H,3-6,12-15H2,1-2H3,(H2,25,26,27,28). The molecule has 5 rings (SSSR count). The van der Waals surface area contributed by atoms with Gasteiger partial charge in [0.2, 0.25) is 5.95 Å². The van der Waals surface area contributed by atoms with Crippen LogP contribution in [0.15, 0.2) is 35.7 Å². The van der Waals surface area contributed by atoms with Gasteiger partial charge in [0.1, 0.15) is 5.82 Å². The normalized spacial score (nSPS) is 22.6. The first-order valence-electron chi connectivity index (χ1n) is 11.5. The average molecular weight is 437 g/mol. The molecule has 1 saturated heterocycles. The zero-order valence-electron chi connectivity index (χ0n) is 18.5. The maximum absolute atomic E-state index is 4.86. The number of nitrogens with one attached hydrogen (secondary N) is 2. The monoisotopic (exact) mass is 436 g/mol. The predicted octanol–water partition coefficient (Wildman–Crippen LogP) is 5.18. The summed E-state index contributed by atoms with van der Waals surface area (Å²) in [6.45, 7) is 6.75. The largest absolute Gasteiger partial charge is 0.369 e. The molecule has 2 aliphatic rings. The highest BCUT2D eigenvalue weighted by molar-refractivity contribution is 7.17. The van der Waals surface area contributed by atoms with Crippen molar-refractivity contribution in [2.24, 2.45) is 5.92 Å². The summed E-state index contributed by atoms with van der Waals surface area (Å²) >= 11 is 1.71. The third-order valence-electron chi connectivity index (χ3n) is 6.65. The van der Waals surface area contributed by atoms with E-state index in [0.717, 1.165) is 53.8 Å². The lowest BCUT2D eigenvalue weighted by Gasteiger charge is -2.34. The molecule has 1 aliphatic heterocycles. The van der Waals surface area contributed by atoms with Gasteiger partial charge < -0.3 is 20.4 Å². The molecular formula is C24H32N6S. The summed E-state index contributed by atoms with van der Waals surface area (Å²) in [5.74, 6) is 2.47. The number of hydrogen-bond donors (Lipinski definition) is 2. The van der Waals surface area contributed by atoms with E-state index < -0.39 is 0 Å². The summed E-state index contributed by atoms with van der Waals surface area (Å²) in [6.07, 6.45) is 5.02. The summed E-state index contributed by atoms with van der Waals surface area (Å²) in [7, 11) is 2.19. The third-order valence-corrected chi connectivity index (χ3v) is 7.56. The smallest absolute Gasteiger partial charge is 0.229 e. The van der Waals surface area contributed by atoms with E-state index in [4.69, 9.17) is 9.97 Å². The zero-order valence-corrected chi connectivity index (χ0v) is 19.3. The Kier molecular flexibility index (Phi) is 5.96. The maximum Gasteiger partial charge on any atom is 0.229 e. The van der Waals surface area contributed by atoms with Crippen molar-refractivity contribution in [3.05, 3.63) is 35.7 Å². The van der Waals surface area contributed by atoms with Crippen molar-refractivity contribution in [1.82, 2.24) is 14.9 Å². The summed E-state index contributed by atoms with van der Waals surface area (Å²) in [5.41, 5.74) is 3.30. The molecule has 0 amide bonds. The molecule has 0 unspecified atom stereocenters. The van der Waals surface area contributed by atoms with E-state index >= 15 is 0 Å². The number of aromatic nitrogens is 2. The van der Waals surface area contributed by atoms with Crippen LogP contribution in [0.5, 0.6) is 0 Å². The quantitative estimate of drug-likeness (QED) is 0.575. The number of fused-ring (bicyclic) bond motifs is 1. The molecular weight excluding hydrogens is 404 g/mol. The molecule has 3 aromatic rings. The van der Waals surface area contributed by atoms with Crippen LogP contribution in [0.25, 0.3) is 10.2 Å². The van der Waals surface area contributed by atoms with Crippen molar-refractivity contribution in [2.45, 2.75) is 38.6 Å². The van der Waals surface area contributed by atoms with Gasteiger partial charge in [-0.05, 0) is 74.4 Å². The fraction of sp³-hybridized carbons (Fsp3) is 0.500. The molecule has 0 bridgehead atoms. The lowest BCUT2D eigenvalue weighted by atomic mass is 9.87. The first-order valence-corrected chi connectivity index (χ1v) is 12.3. The highest BCUT2D eigenvalue weighted by Crippen LogP contribution is 2.32. The molecule has 1 saturated carbocycles. The Morgan fingerprint density at radius 1 is 0.935 bits per heavy atom. The number of benzene rings is 1. The topological polar surface area (TPSA) is 56.3 Å². The zero-order chi connectivity index (χ0) is 21.2. The van der Waals surface area contributed by atoms with Crippen molar-refractivity contribution in [3.63, 3.8) is 0 Å². The second kappa shape index (κ2) is 9.01. The molecule has 1 aromatic carbocycles. The minimum atomic E-state index is 0.507. The van der Waals surface area contributed by atoms with Gasteiger partial charge in [0, 0.05) is 43.6 Å². The minimum Gasteiger partial charge on any atom is -0.369 e. The molecule has 2 N–H and O–H groups in total. The van der Waals surface area contributed by atoms with Crippen LogP contribution in [0.3, 0.4) is 0 Å². The van der Waals surface area contributed by atoms with E-state index in [0.29, 0.717) is 12.0 Å². The van der Waals surface area contributed by atoms with Crippen LogP contribution < -0.4 is 15.5 Å². The lowest BCUT2D eigenvalue weighted by Crippen LogP contribution is -2.44. The van der Waals surface area contributed by atoms with E-state index in [9.17, 15) is 0 Å². The SMILES string of the molecule is CC1CCC(Nc2nc(Nc3ccc(N4CCN(C)CC4)cc3)nc3ccsc23)CC1. The molecule has 1 aliphatic carbocycles. The second-order valence-corrected chi connectivity index (χ2v) is 10.0. The number of anilines is 4. The summed E-state index contributed by atoms with van der Waals surface area (Å²) in [4.78, 5) is 14.4. The van der Waals surface area contributed by atoms with Gasteiger partial charge in [0.05, 0.1) is 10.2 Å². The van der Waals surface area contributed by atoms with Crippen LogP contribution >= 0.6 is 11.3 Å². The number of nitrogens with zero attached hydrogens (tertiary/aromatic N) is 4. The predicted molar refractivity (Wildman–Crippen MR) is 132 cm³/mol. The molecule has 0 spiro atoms. The number of likely N-dealkylation sites (N-methyl/N-ethyl adjacent to an activating group) is 1. The maximum atomic E-state index is 4.86. The highest BCUT2D eigenvalue weighted by Gasteiger charge is 2.20. The van der Waals surface area contributed by atoms with Crippen LogP contribution in [-0.2, 0) is 0 Å². The second-order valence-electron chi connectivity index (χ2n) is 9.09. The summed E-state index contributed by atoms with van der Waals surface area (Å²) in [5, 5.41) is 9.24. The fourth-order valence-corrected chi connectivity index (χ4v) is 5.35. The van der Waals surface area contributed by atoms with Crippen LogP contribution in [0.1, 0.15) is 32.6 Å². The highest BCUT2D eigenvalue weighted by atomic mass is 32.1. The van der Waals surface area contributed by atoms with Crippen molar-refractivity contribution in [1.29, 1.82) is 0 Å². The number of hydrogen-bond acceptors (Lipinski definition) is 7. The van der Waals surface area contributed by atoms with Crippen molar-refractivity contribution < 1.29 is 0 Å². The molecule has 31 heavy (non-hydrogen) atoms. The van der Waals surface area contributed by atoms with E-state index in [-0.39, 0.29) is 0 Å². The Morgan fingerprint density at radius 2 is 1.68 bits per heavy atom. The number of thiophene rings is 1. The van der Waals surface area contributed by atoms with Gasteiger partial charge in [-0.15, -0.1) is 11.3 Å². The number of piperazine rings is 1. The average Bonchev–Trinajstić information content (AvgIpc) is 3.26. The van der Waals surface area contributed by atoms with Crippen molar-refractivity contribution in [2.75, 3.05) is 48.8 Å². The van der Waals surface area contributed by atoms with Gasteiger partial charge in [0.15, 0.2) is 0 Å². The summed E-state index contributed by atoms with van der Waals surface area (Å²) in [6, 6.07) is 11.2. The Hall–Kier alpha value is -2.38. The van der Waals surface area contributed by atoms with Gasteiger partial charge >= 0.3 is 0 Å². The molecule has 164 valence electrons. The van der Waals surface area contributed by atoms with Crippen LogP contribution in [0, 0.1) is 5.92 Å². The molecule has 0 radical (unpaired) electrons. The fourth-order valence-electron chi connectivity index (χ4n) is 4.56. The molecule has 3 heterocycles. The van der Waals surface area contributed by atoms with Gasteiger partial charge in [-0.1, -0.05) is 6.92 Å². The third kappa shape index (κ3) is 4.77. The molecule has 7 heteroatoms. The Labute approximate surface area is 188 Å². The van der Waals surface area contributed by atoms with Crippen LogP contribution in [0.4, 0.5) is 23.1 Å². The Balaban J connectivity index is 1.31. The lowest BCUT2D eigenvalue weighted by molar-refractivity contribution is 0.313. The van der Waals surface area contributed by atoms with Gasteiger partial charge in [0.25, 0.3) is 0 Å². The Bertz CT molecular complexity index is 1000. The van der Waals surface area contributed by atoms with E-state index in [1.807, 2.05) is 0 Å². The molecule has 2 aromatic heterocycles. The molecule has 2 fully saturated rings. The van der Waals surface area contributed by atoms with Crippen LogP contribution in [-0.4, -0.2) is 54.1 Å². The van der Waals surface area contributed by atoms with Gasteiger partial charge in [-0.2, -0.15) is 4.98 Å². The first-order chi connectivity index (χ1) is 15.1. The Morgan fingerprint density at radius 3 is 2.42 bits per heavy atom. The van der Waals surface area contributed by atoms with Crippen LogP contribution in [0.2, 0.25) is 0 Å². The molecule has 6 nitrogen and oxygen atoms in total. The molecule has 0 atom stereocenters. The first kappa shape index (κ1) is 20.5. The van der Waals surface area contributed by atoms with E-state index in [2.05, 4.69) is 70.1 Å². The summed E-state index contributed by atoms with van der Waals surface area (Å²) < 4.78 is 1.15. The van der Waals surface area contributed by atoms with Crippen molar-refractivity contribution >= 4 is 44.7 Å². The minimum absolute atomic E-state index is 0.507. The van der Waals surface area contributed by atoms with E-state index in [1.54, 1.807) is 11.3 Å². The number of rotatable bonds is 5. The van der Waals surface area contributed by atoms with E-state index in [1.165, 1.54) is 31.4 Å².